The molecule has 3 heterocycles. The summed E-state index contributed by atoms with van der Waals surface area (Å²) in [7, 11) is 0. The Kier molecular flexibility index (Phi) is 6.40. The van der Waals surface area contributed by atoms with E-state index in [1.165, 1.54) is 15.3 Å². The van der Waals surface area contributed by atoms with Crippen molar-refractivity contribution in [2.75, 3.05) is 26.2 Å². The number of fused-ring (bicyclic) bond motifs is 1. The zero-order valence-corrected chi connectivity index (χ0v) is 16.1. The first-order valence-electron chi connectivity index (χ1n) is 8.60. The molecule has 1 amide bonds. The number of amides is 1. The SMILES string of the molecule is N#CCCN(CCC#N)C(=O)CN1CCc2sccc2C1c1cccs1. The minimum absolute atomic E-state index is 0.00395. The molecule has 0 spiro atoms. The van der Waals surface area contributed by atoms with Gasteiger partial charge < -0.3 is 4.90 Å². The van der Waals surface area contributed by atoms with Crippen LogP contribution < -0.4 is 0 Å². The molecule has 26 heavy (non-hydrogen) atoms. The normalized spacial score (nSPS) is 16.5. The van der Waals surface area contributed by atoms with Crippen LogP contribution in [-0.4, -0.2) is 41.9 Å². The van der Waals surface area contributed by atoms with Gasteiger partial charge in [0.05, 0.1) is 37.6 Å². The molecular formula is C19H20N4OS2. The Hall–Kier alpha value is -2.19. The van der Waals surface area contributed by atoms with Crippen molar-refractivity contribution >= 4 is 28.6 Å². The topological polar surface area (TPSA) is 71.1 Å². The van der Waals surface area contributed by atoms with Gasteiger partial charge in [-0.05, 0) is 34.9 Å². The Balaban J connectivity index is 1.77. The quantitative estimate of drug-likeness (QED) is 0.733. The highest BCUT2D eigenvalue weighted by molar-refractivity contribution is 7.10. The molecule has 1 aliphatic heterocycles. The molecule has 2 aromatic rings. The summed E-state index contributed by atoms with van der Waals surface area (Å²) in [5, 5.41) is 21.9. The number of thiophene rings is 2. The highest BCUT2D eigenvalue weighted by Crippen LogP contribution is 2.39. The maximum atomic E-state index is 12.9. The number of hydrogen-bond donors (Lipinski definition) is 0. The summed E-state index contributed by atoms with van der Waals surface area (Å²) in [6.45, 7) is 1.93. The van der Waals surface area contributed by atoms with Crippen molar-refractivity contribution in [3.63, 3.8) is 0 Å². The minimum Gasteiger partial charge on any atom is -0.340 e. The van der Waals surface area contributed by atoms with E-state index in [0.29, 0.717) is 32.5 Å². The molecule has 0 bridgehead atoms. The lowest BCUT2D eigenvalue weighted by molar-refractivity contribution is -0.132. The van der Waals surface area contributed by atoms with Gasteiger partial charge in [-0.25, -0.2) is 0 Å². The molecule has 0 N–H and O–H groups in total. The third kappa shape index (κ3) is 4.13. The molecule has 0 saturated carbocycles. The van der Waals surface area contributed by atoms with Crippen molar-refractivity contribution in [2.24, 2.45) is 0 Å². The molecule has 2 aromatic heterocycles. The highest BCUT2D eigenvalue weighted by atomic mass is 32.1. The van der Waals surface area contributed by atoms with Crippen LogP contribution in [0, 0.1) is 22.7 Å². The molecule has 1 aliphatic rings. The van der Waals surface area contributed by atoms with Gasteiger partial charge in [0, 0.05) is 29.4 Å². The fraction of sp³-hybridized carbons (Fsp3) is 0.421. The summed E-state index contributed by atoms with van der Waals surface area (Å²) in [4.78, 5) is 19.4. The van der Waals surface area contributed by atoms with Gasteiger partial charge in [-0.15, -0.1) is 22.7 Å². The number of carbonyl (C=O) groups is 1. The Bertz CT molecular complexity index is 797. The molecule has 0 saturated heterocycles. The summed E-state index contributed by atoms with van der Waals surface area (Å²) in [5.74, 6) is -0.00395. The first-order chi connectivity index (χ1) is 12.7. The van der Waals surface area contributed by atoms with E-state index in [4.69, 9.17) is 10.5 Å². The van der Waals surface area contributed by atoms with Crippen LogP contribution in [0.4, 0.5) is 0 Å². The van der Waals surface area contributed by atoms with E-state index in [1.54, 1.807) is 27.6 Å². The number of hydrogen-bond acceptors (Lipinski definition) is 6. The fourth-order valence-electron chi connectivity index (χ4n) is 3.32. The first-order valence-corrected chi connectivity index (χ1v) is 10.4. The van der Waals surface area contributed by atoms with Crippen LogP contribution >= 0.6 is 22.7 Å². The lowest BCUT2D eigenvalue weighted by atomic mass is 9.98. The third-order valence-corrected chi connectivity index (χ3v) is 6.48. The van der Waals surface area contributed by atoms with Crippen LogP contribution in [-0.2, 0) is 11.2 Å². The van der Waals surface area contributed by atoms with E-state index < -0.39 is 0 Å². The summed E-state index contributed by atoms with van der Waals surface area (Å²) in [6.07, 6.45) is 1.54. The predicted molar refractivity (Wildman–Crippen MR) is 103 cm³/mol. The van der Waals surface area contributed by atoms with E-state index >= 15 is 0 Å². The molecule has 0 fully saturated rings. The Morgan fingerprint density at radius 1 is 1.19 bits per heavy atom. The van der Waals surface area contributed by atoms with Crippen molar-refractivity contribution < 1.29 is 4.79 Å². The second-order valence-corrected chi connectivity index (χ2v) is 8.11. The molecule has 134 valence electrons. The highest BCUT2D eigenvalue weighted by Gasteiger charge is 2.32. The largest absolute Gasteiger partial charge is 0.340 e. The van der Waals surface area contributed by atoms with Crippen LogP contribution in [0.5, 0.6) is 0 Å². The van der Waals surface area contributed by atoms with E-state index in [-0.39, 0.29) is 11.9 Å². The van der Waals surface area contributed by atoms with Gasteiger partial charge in [0.15, 0.2) is 0 Å². The lowest BCUT2D eigenvalue weighted by Crippen LogP contribution is -2.44. The van der Waals surface area contributed by atoms with Gasteiger partial charge in [0.2, 0.25) is 5.91 Å². The molecular weight excluding hydrogens is 364 g/mol. The number of nitriles is 2. The van der Waals surface area contributed by atoms with Crippen molar-refractivity contribution in [1.29, 1.82) is 10.5 Å². The van der Waals surface area contributed by atoms with Crippen molar-refractivity contribution in [2.45, 2.75) is 25.3 Å². The Morgan fingerprint density at radius 3 is 2.62 bits per heavy atom. The Labute approximate surface area is 161 Å². The molecule has 0 radical (unpaired) electrons. The maximum Gasteiger partial charge on any atom is 0.236 e. The fourth-order valence-corrected chi connectivity index (χ4v) is 5.10. The van der Waals surface area contributed by atoms with Crippen molar-refractivity contribution in [3.8, 4) is 12.1 Å². The second-order valence-electron chi connectivity index (χ2n) is 6.13. The van der Waals surface area contributed by atoms with E-state index in [1.807, 2.05) is 6.07 Å². The predicted octanol–water partition coefficient (Wildman–Crippen LogP) is 3.41. The van der Waals surface area contributed by atoms with Crippen LogP contribution in [0.2, 0.25) is 0 Å². The van der Waals surface area contributed by atoms with Crippen molar-refractivity contribution in [3.05, 3.63) is 44.3 Å². The van der Waals surface area contributed by atoms with Crippen LogP contribution in [0.1, 0.15) is 34.2 Å². The lowest BCUT2D eigenvalue weighted by Gasteiger charge is -2.36. The summed E-state index contributed by atoms with van der Waals surface area (Å²) >= 11 is 3.50. The van der Waals surface area contributed by atoms with Gasteiger partial charge in [-0.3, -0.25) is 9.69 Å². The molecule has 0 aliphatic carbocycles. The average molecular weight is 385 g/mol. The Morgan fingerprint density at radius 2 is 1.96 bits per heavy atom. The van der Waals surface area contributed by atoms with Crippen LogP contribution in [0.25, 0.3) is 0 Å². The molecule has 1 atom stereocenters. The van der Waals surface area contributed by atoms with E-state index in [0.717, 1.165) is 13.0 Å². The van der Waals surface area contributed by atoms with E-state index in [2.05, 4.69) is 39.9 Å². The number of nitrogens with zero attached hydrogens (tertiary/aromatic N) is 4. The van der Waals surface area contributed by atoms with Crippen LogP contribution in [0.15, 0.2) is 29.0 Å². The molecule has 7 heteroatoms. The summed E-state index contributed by atoms with van der Waals surface area (Å²) in [6, 6.07) is 10.6. The smallest absolute Gasteiger partial charge is 0.236 e. The second kappa shape index (κ2) is 8.95. The van der Waals surface area contributed by atoms with E-state index in [9.17, 15) is 4.79 Å². The van der Waals surface area contributed by atoms with Crippen LogP contribution in [0.3, 0.4) is 0 Å². The molecule has 0 aromatic carbocycles. The van der Waals surface area contributed by atoms with Gasteiger partial charge in [-0.2, -0.15) is 10.5 Å². The minimum atomic E-state index is -0.00395. The number of carbonyl (C=O) groups excluding carboxylic acids is 1. The summed E-state index contributed by atoms with van der Waals surface area (Å²) < 4.78 is 0. The third-order valence-electron chi connectivity index (χ3n) is 4.56. The average Bonchev–Trinajstić information content (AvgIpc) is 3.33. The standard InChI is InChI=1S/C19H20N4OS2/c20-7-2-9-22(10-3-8-21)18(24)14-23-11-5-16-15(6-13-26-16)19(23)17-4-1-12-25-17/h1,4,6,12-13,19H,2-3,5,9-11,14H2. The summed E-state index contributed by atoms with van der Waals surface area (Å²) in [5.41, 5.74) is 1.30. The zero-order chi connectivity index (χ0) is 18.4. The molecule has 5 nitrogen and oxygen atoms in total. The number of rotatable bonds is 7. The van der Waals surface area contributed by atoms with Gasteiger partial charge >= 0.3 is 0 Å². The van der Waals surface area contributed by atoms with Gasteiger partial charge in [0.1, 0.15) is 0 Å². The first kappa shape index (κ1) is 18.6. The van der Waals surface area contributed by atoms with Crippen molar-refractivity contribution in [1.82, 2.24) is 9.80 Å². The zero-order valence-electron chi connectivity index (χ0n) is 14.4. The van der Waals surface area contributed by atoms with Gasteiger partial charge in [0.25, 0.3) is 0 Å². The van der Waals surface area contributed by atoms with Gasteiger partial charge in [-0.1, -0.05) is 6.07 Å². The monoisotopic (exact) mass is 384 g/mol. The molecule has 3 rings (SSSR count). The molecule has 1 unspecified atom stereocenters. The maximum absolute atomic E-state index is 12.9.